The van der Waals surface area contributed by atoms with E-state index in [1.54, 1.807) is 5.01 Å². The molecule has 0 radical (unpaired) electrons. The molecule has 16 heavy (non-hydrogen) atoms. The van der Waals surface area contributed by atoms with Gasteiger partial charge >= 0.3 is 5.97 Å². The van der Waals surface area contributed by atoms with E-state index in [1.807, 2.05) is 20.8 Å². The molecular formula is C12H24N2O2. The standard InChI is InChI=1S/C12H24N2O2/c1-11(2,3)16-10(15)9-6-7-12(4,5)14(13)8-9/h9H,6-8,13H2,1-5H3/t9-/m0/s1. The first-order chi connectivity index (χ1) is 7.12. The second kappa shape index (κ2) is 4.34. The van der Waals surface area contributed by atoms with E-state index in [1.165, 1.54) is 0 Å². The van der Waals surface area contributed by atoms with E-state index in [-0.39, 0.29) is 17.4 Å². The highest BCUT2D eigenvalue weighted by molar-refractivity contribution is 5.73. The minimum absolute atomic E-state index is 0.0154. The van der Waals surface area contributed by atoms with Gasteiger partial charge in [0, 0.05) is 12.1 Å². The summed E-state index contributed by atoms with van der Waals surface area (Å²) in [6, 6.07) is 0. The van der Waals surface area contributed by atoms with Crippen LogP contribution in [0.4, 0.5) is 0 Å². The Kier molecular flexibility index (Phi) is 3.65. The van der Waals surface area contributed by atoms with Gasteiger partial charge in [-0.25, -0.2) is 5.01 Å². The summed E-state index contributed by atoms with van der Waals surface area (Å²) in [5.74, 6) is 5.72. The van der Waals surface area contributed by atoms with Crippen LogP contribution in [0.5, 0.6) is 0 Å². The summed E-state index contributed by atoms with van der Waals surface area (Å²) in [5, 5.41) is 1.76. The summed E-state index contributed by atoms with van der Waals surface area (Å²) in [6.07, 6.45) is 1.78. The largest absolute Gasteiger partial charge is 0.460 e. The van der Waals surface area contributed by atoms with Crippen molar-refractivity contribution >= 4 is 5.97 Å². The zero-order valence-electron chi connectivity index (χ0n) is 11.0. The highest BCUT2D eigenvalue weighted by atomic mass is 16.6. The van der Waals surface area contributed by atoms with Gasteiger partial charge in [-0.1, -0.05) is 0 Å². The third-order valence-electron chi connectivity index (χ3n) is 3.04. The molecule has 0 unspecified atom stereocenters. The number of nitrogens with two attached hydrogens (primary N) is 1. The molecular weight excluding hydrogens is 204 g/mol. The topological polar surface area (TPSA) is 55.6 Å². The minimum atomic E-state index is -0.413. The van der Waals surface area contributed by atoms with Gasteiger partial charge in [0.15, 0.2) is 0 Å². The summed E-state index contributed by atoms with van der Waals surface area (Å²) in [5.41, 5.74) is -0.429. The van der Waals surface area contributed by atoms with E-state index >= 15 is 0 Å². The fraction of sp³-hybridized carbons (Fsp3) is 0.917. The van der Waals surface area contributed by atoms with E-state index in [9.17, 15) is 4.79 Å². The predicted molar refractivity (Wildman–Crippen MR) is 63.5 cm³/mol. The smallest absolute Gasteiger partial charge is 0.310 e. The van der Waals surface area contributed by atoms with Crippen molar-refractivity contribution in [2.24, 2.45) is 11.8 Å². The van der Waals surface area contributed by atoms with Gasteiger partial charge in [-0.3, -0.25) is 10.6 Å². The lowest BCUT2D eigenvalue weighted by molar-refractivity contribution is -0.163. The van der Waals surface area contributed by atoms with Crippen molar-refractivity contribution in [3.05, 3.63) is 0 Å². The SMILES string of the molecule is CC(C)(C)OC(=O)[C@H]1CCC(C)(C)N(N)C1. The average molecular weight is 228 g/mol. The quantitative estimate of drug-likeness (QED) is 0.548. The molecule has 0 spiro atoms. The van der Waals surface area contributed by atoms with E-state index in [4.69, 9.17) is 10.6 Å². The maximum Gasteiger partial charge on any atom is 0.310 e. The molecule has 0 aromatic rings. The highest BCUT2D eigenvalue weighted by Gasteiger charge is 2.37. The van der Waals surface area contributed by atoms with Crippen LogP contribution in [0.25, 0.3) is 0 Å². The molecule has 0 aliphatic carbocycles. The highest BCUT2D eigenvalue weighted by Crippen LogP contribution is 2.29. The second-order valence-electron chi connectivity index (χ2n) is 6.23. The summed E-state index contributed by atoms with van der Waals surface area (Å²) in [7, 11) is 0. The monoisotopic (exact) mass is 228 g/mol. The van der Waals surface area contributed by atoms with Crippen molar-refractivity contribution in [1.29, 1.82) is 0 Å². The number of rotatable bonds is 1. The van der Waals surface area contributed by atoms with Gasteiger partial charge in [-0.2, -0.15) is 0 Å². The summed E-state index contributed by atoms with van der Waals surface area (Å²) < 4.78 is 5.37. The van der Waals surface area contributed by atoms with Crippen LogP contribution < -0.4 is 5.84 Å². The number of piperidine rings is 1. The lowest BCUT2D eigenvalue weighted by Crippen LogP contribution is -2.55. The van der Waals surface area contributed by atoms with Crippen LogP contribution >= 0.6 is 0 Å². The number of nitrogens with zero attached hydrogens (tertiary/aromatic N) is 1. The first-order valence-electron chi connectivity index (χ1n) is 5.87. The zero-order valence-corrected chi connectivity index (χ0v) is 11.0. The van der Waals surface area contributed by atoms with Gasteiger partial charge in [-0.15, -0.1) is 0 Å². The summed E-state index contributed by atoms with van der Waals surface area (Å²) in [4.78, 5) is 11.9. The molecule has 1 atom stereocenters. The van der Waals surface area contributed by atoms with Crippen LogP contribution in [-0.2, 0) is 9.53 Å². The van der Waals surface area contributed by atoms with Crippen LogP contribution in [-0.4, -0.2) is 28.7 Å². The Bertz CT molecular complexity index is 269. The maximum atomic E-state index is 11.9. The van der Waals surface area contributed by atoms with Crippen LogP contribution in [0.15, 0.2) is 0 Å². The zero-order chi connectivity index (χ0) is 12.6. The van der Waals surface area contributed by atoms with Crippen LogP contribution in [0.2, 0.25) is 0 Å². The molecule has 0 saturated carbocycles. The normalized spacial score (nSPS) is 26.5. The van der Waals surface area contributed by atoms with Crippen molar-refractivity contribution in [1.82, 2.24) is 5.01 Å². The van der Waals surface area contributed by atoms with Crippen molar-refractivity contribution in [3.63, 3.8) is 0 Å². The Morgan fingerprint density at radius 3 is 2.44 bits per heavy atom. The molecule has 1 rings (SSSR count). The van der Waals surface area contributed by atoms with Gasteiger partial charge in [0.05, 0.1) is 5.92 Å². The Morgan fingerprint density at radius 1 is 1.44 bits per heavy atom. The van der Waals surface area contributed by atoms with Crippen LogP contribution in [0.3, 0.4) is 0 Å². The minimum Gasteiger partial charge on any atom is -0.460 e. The molecule has 1 fully saturated rings. The summed E-state index contributed by atoms with van der Waals surface area (Å²) in [6.45, 7) is 10.4. The van der Waals surface area contributed by atoms with Gasteiger partial charge in [-0.05, 0) is 47.5 Å². The molecule has 94 valence electrons. The molecule has 0 aromatic heterocycles. The van der Waals surface area contributed by atoms with Gasteiger partial charge in [0.25, 0.3) is 0 Å². The average Bonchev–Trinajstić information content (AvgIpc) is 2.06. The number of carbonyl (C=O) groups is 1. The number of hydrogen-bond donors (Lipinski definition) is 1. The lowest BCUT2D eigenvalue weighted by atomic mass is 9.86. The Balaban J connectivity index is 2.55. The third kappa shape index (κ3) is 3.46. The van der Waals surface area contributed by atoms with Gasteiger partial charge in [0.2, 0.25) is 0 Å². The predicted octanol–water partition coefficient (Wildman–Crippen LogP) is 1.69. The molecule has 4 nitrogen and oxygen atoms in total. The molecule has 2 N–H and O–H groups in total. The molecule has 0 amide bonds. The molecule has 4 heteroatoms. The van der Waals surface area contributed by atoms with E-state index in [2.05, 4.69) is 13.8 Å². The number of hydrazine groups is 1. The van der Waals surface area contributed by atoms with Crippen molar-refractivity contribution in [3.8, 4) is 0 Å². The van der Waals surface area contributed by atoms with Crippen LogP contribution in [0, 0.1) is 5.92 Å². The number of hydrogen-bond acceptors (Lipinski definition) is 4. The third-order valence-corrected chi connectivity index (χ3v) is 3.04. The fourth-order valence-corrected chi connectivity index (χ4v) is 1.82. The van der Waals surface area contributed by atoms with Crippen LogP contribution in [0.1, 0.15) is 47.5 Å². The molecule has 0 bridgehead atoms. The van der Waals surface area contributed by atoms with E-state index < -0.39 is 5.60 Å². The lowest BCUT2D eigenvalue weighted by Gasteiger charge is -2.42. The molecule has 0 aromatic carbocycles. The molecule has 1 aliphatic heterocycles. The number of carbonyl (C=O) groups excluding carboxylic acids is 1. The first-order valence-corrected chi connectivity index (χ1v) is 5.87. The maximum absolute atomic E-state index is 11.9. The molecule has 1 heterocycles. The Morgan fingerprint density at radius 2 is 2.00 bits per heavy atom. The fourth-order valence-electron chi connectivity index (χ4n) is 1.82. The van der Waals surface area contributed by atoms with E-state index in [0.717, 1.165) is 12.8 Å². The first kappa shape index (κ1) is 13.5. The van der Waals surface area contributed by atoms with Gasteiger partial charge < -0.3 is 4.74 Å². The van der Waals surface area contributed by atoms with E-state index in [0.29, 0.717) is 6.54 Å². The van der Waals surface area contributed by atoms with Gasteiger partial charge in [0.1, 0.15) is 5.60 Å². The van der Waals surface area contributed by atoms with Crippen molar-refractivity contribution in [2.45, 2.75) is 58.6 Å². The summed E-state index contributed by atoms with van der Waals surface area (Å²) >= 11 is 0. The number of ether oxygens (including phenoxy) is 1. The van der Waals surface area contributed by atoms with Crippen molar-refractivity contribution in [2.75, 3.05) is 6.54 Å². The Hall–Kier alpha value is -0.610. The molecule has 1 aliphatic rings. The molecule has 1 saturated heterocycles. The number of esters is 1. The van der Waals surface area contributed by atoms with Crippen molar-refractivity contribution < 1.29 is 9.53 Å². The second-order valence-corrected chi connectivity index (χ2v) is 6.23. The Labute approximate surface area is 98.1 Å².